The lowest BCUT2D eigenvalue weighted by Gasteiger charge is -2.42. The Morgan fingerprint density at radius 2 is 1.82 bits per heavy atom. The molecule has 0 aromatic heterocycles. The molecule has 1 rings (SSSR count). The predicted molar refractivity (Wildman–Crippen MR) is 74.7 cm³/mol. The molecule has 5 N–H and O–H groups in total. The first-order chi connectivity index (χ1) is 10.3. The number of carbonyl (C=O) groups is 1. The SMILES string of the molecule is CC(C)=CCOC(=O)C(CO)C1O[C@H](CO)[C@H](O)[C@H](O)[C@H]1O. The van der Waals surface area contributed by atoms with Crippen LogP contribution in [0.15, 0.2) is 11.6 Å². The number of aliphatic hydroxyl groups is 5. The van der Waals surface area contributed by atoms with E-state index in [2.05, 4.69) is 0 Å². The van der Waals surface area contributed by atoms with E-state index in [0.717, 1.165) is 5.57 Å². The summed E-state index contributed by atoms with van der Waals surface area (Å²) < 4.78 is 10.2. The summed E-state index contributed by atoms with van der Waals surface area (Å²) in [6.45, 7) is 2.39. The summed E-state index contributed by atoms with van der Waals surface area (Å²) in [5, 5.41) is 47.8. The van der Waals surface area contributed by atoms with Crippen LogP contribution in [0.5, 0.6) is 0 Å². The van der Waals surface area contributed by atoms with Crippen molar-refractivity contribution in [2.75, 3.05) is 19.8 Å². The van der Waals surface area contributed by atoms with Crippen LogP contribution in [-0.2, 0) is 14.3 Å². The van der Waals surface area contributed by atoms with Crippen LogP contribution in [-0.4, -0.2) is 81.8 Å². The first-order valence-electron chi connectivity index (χ1n) is 7.04. The number of aliphatic hydroxyl groups excluding tert-OH is 5. The molecule has 0 radical (unpaired) electrons. The topological polar surface area (TPSA) is 137 Å². The lowest BCUT2D eigenvalue weighted by atomic mass is 9.88. The van der Waals surface area contributed by atoms with E-state index in [1.807, 2.05) is 13.8 Å². The van der Waals surface area contributed by atoms with Crippen molar-refractivity contribution in [3.8, 4) is 0 Å². The summed E-state index contributed by atoms with van der Waals surface area (Å²) in [4.78, 5) is 12.0. The Morgan fingerprint density at radius 1 is 1.18 bits per heavy atom. The molecule has 128 valence electrons. The van der Waals surface area contributed by atoms with Crippen molar-refractivity contribution in [2.45, 2.75) is 44.4 Å². The van der Waals surface area contributed by atoms with Crippen LogP contribution in [0.25, 0.3) is 0 Å². The summed E-state index contributed by atoms with van der Waals surface area (Å²) in [7, 11) is 0. The van der Waals surface area contributed by atoms with Gasteiger partial charge in [-0.3, -0.25) is 4.79 Å². The third-order valence-electron chi connectivity index (χ3n) is 3.54. The maximum absolute atomic E-state index is 12.0. The number of ether oxygens (including phenoxy) is 2. The van der Waals surface area contributed by atoms with Crippen molar-refractivity contribution in [1.82, 2.24) is 0 Å². The standard InChI is InChI=1S/C14H24O8/c1-7(2)3-4-21-14(20)8(5-15)13-12(19)11(18)10(17)9(6-16)22-13/h3,8-13,15-19H,4-6H2,1-2H3/t8?,9-,10+,11+,12-,13?/m1/s1. The fraction of sp³-hybridized carbons (Fsp3) is 0.786. The second kappa shape index (κ2) is 8.56. The summed E-state index contributed by atoms with van der Waals surface area (Å²) >= 11 is 0. The molecular formula is C14H24O8. The molecule has 0 amide bonds. The maximum atomic E-state index is 12.0. The number of esters is 1. The van der Waals surface area contributed by atoms with Gasteiger partial charge in [-0.05, 0) is 19.9 Å². The van der Waals surface area contributed by atoms with Gasteiger partial charge in [0.2, 0.25) is 0 Å². The lowest BCUT2D eigenvalue weighted by Crippen LogP contribution is -2.61. The Bertz CT molecular complexity index is 390. The molecule has 0 aromatic rings. The smallest absolute Gasteiger partial charge is 0.314 e. The highest BCUT2D eigenvalue weighted by Crippen LogP contribution is 2.26. The number of rotatable bonds is 6. The molecule has 1 aliphatic heterocycles. The fourth-order valence-electron chi connectivity index (χ4n) is 2.17. The molecule has 2 unspecified atom stereocenters. The molecule has 8 heteroatoms. The molecule has 0 aromatic carbocycles. The average Bonchev–Trinajstić information content (AvgIpc) is 2.47. The third kappa shape index (κ3) is 4.48. The molecule has 0 bridgehead atoms. The molecule has 1 saturated heterocycles. The van der Waals surface area contributed by atoms with Gasteiger partial charge in [0.05, 0.1) is 13.2 Å². The first-order valence-corrected chi connectivity index (χ1v) is 7.04. The van der Waals surface area contributed by atoms with Crippen molar-refractivity contribution in [3.05, 3.63) is 11.6 Å². The van der Waals surface area contributed by atoms with E-state index >= 15 is 0 Å². The zero-order valence-electron chi connectivity index (χ0n) is 12.6. The van der Waals surface area contributed by atoms with E-state index in [1.165, 1.54) is 0 Å². The molecule has 0 saturated carbocycles. The Hall–Kier alpha value is -1.03. The second-order valence-corrected chi connectivity index (χ2v) is 5.49. The zero-order valence-corrected chi connectivity index (χ0v) is 12.6. The van der Waals surface area contributed by atoms with E-state index in [9.17, 15) is 25.2 Å². The Morgan fingerprint density at radius 3 is 2.32 bits per heavy atom. The van der Waals surface area contributed by atoms with E-state index in [-0.39, 0.29) is 6.61 Å². The highest BCUT2D eigenvalue weighted by atomic mass is 16.6. The van der Waals surface area contributed by atoms with Gasteiger partial charge >= 0.3 is 5.97 Å². The van der Waals surface area contributed by atoms with Gasteiger partial charge in [-0.25, -0.2) is 0 Å². The van der Waals surface area contributed by atoms with Crippen molar-refractivity contribution >= 4 is 5.97 Å². The van der Waals surface area contributed by atoms with Gasteiger partial charge in [-0.1, -0.05) is 5.57 Å². The van der Waals surface area contributed by atoms with Gasteiger partial charge < -0.3 is 35.0 Å². The summed E-state index contributed by atoms with van der Waals surface area (Å²) in [6.07, 6.45) is -5.47. The molecule has 1 heterocycles. The predicted octanol–water partition coefficient (Wildman–Crippen LogP) is -2.05. The highest BCUT2D eigenvalue weighted by Gasteiger charge is 2.48. The van der Waals surface area contributed by atoms with Gasteiger partial charge in [-0.15, -0.1) is 0 Å². The summed E-state index contributed by atoms with van der Waals surface area (Å²) in [5.41, 5.74) is 0.946. The number of allylic oxidation sites excluding steroid dienone is 1. The monoisotopic (exact) mass is 320 g/mol. The summed E-state index contributed by atoms with van der Waals surface area (Å²) in [5.74, 6) is -2.04. The van der Waals surface area contributed by atoms with Crippen LogP contribution in [0.4, 0.5) is 0 Å². The molecule has 1 fully saturated rings. The highest BCUT2D eigenvalue weighted by molar-refractivity contribution is 5.73. The van der Waals surface area contributed by atoms with Crippen molar-refractivity contribution in [3.63, 3.8) is 0 Å². The van der Waals surface area contributed by atoms with Crippen LogP contribution in [0.2, 0.25) is 0 Å². The molecule has 0 spiro atoms. The number of hydrogen-bond acceptors (Lipinski definition) is 8. The second-order valence-electron chi connectivity index (χ2n) is 5.49. The van der Waals surface area contributed by atoms with Crippen molar-refractivity contribution in [1.29, 1.82) is 0 Å². The maximum Gasteiger partial charge on any atom is 0.314 e. The summed E-state index contributed by atoms with van der Waals surface area (Å²) in [6, 6.07) is 0. The molecule has 8 nitrogen and oxygen atoms in total. The number of hydrogen-bond donors (Lipinski definition) is 5. The minimum atomic E-state index is -1.60. The normalized spacial score (nSPS) is 33.1. The van der Waals surface area contributed by atoms with Crippen molar-refractivity contribution in [2.24, 2.45) is 5.92 Å². The minimum Gasteiger partial charge on any atom is -0.461 e. The Balaban J connectivity index is 2.79. The third-order valence-corrected chi connectivity index (χ3v) is 3.54. The molecule has 6 atom stereocenters. The van der Waals surface area contributed by atoms with E-state index in [4.69, 9.17) is 14.6 Å². The molecule has 22 heavy (non-hydrogen) atoms. The van der Waals surface area contributed by atoms with Gasteiger partial charge in [0, 0.05) is 0 Å². The van der Waals surface area contributed by atoms with Crippen LogP contribution >= 0.6 is 0 Å². The van der Waals surface area contributed by atoms with Crippen LogP contribution in [0.3, 0.4) is 0 Å². The molecule has 0 aliphatic carbocycles. The Kier molecular flexibility index (Phi) is 7.40. The van der Waals surface area contributed by atoms with Crippen LogP contribution in [0, 0.1) is 5.92 Å². The van der Waals surface area contributed by atoms with Crippen LogP contribution in [0.1, 0.15) is 13.8 Å². The molecular weight excluding hydrogens is 296 g/mol. The first kappa shape index (κ1) is 19.0. The quantitative estimate of drug-likeness (QED) is 0.278. The lowest BCUT2D eigenvalue weighted by molar-refractivity contribution is -0.244. The number of carbonyl (C=O) groups excluding carboxylic acids is 1. The fourth-order valence-corrected chi connectivity index (χ4v) is 2.17. The van der Waals surface area contributed by atoms with Crippen LogP contribution < -0.4 is 0 Å². The Labute approximate surface area is 128 Å². The van der Waals surface area contributed by atoms with E-state index < -0.39 is 55.6 Å². The average molecular weight is 320 g/mol. The largest absolute Gasteiger partial charge is 0.461 e. The zero-order chi connectivity index (χ0) is 16.9. The van der Waals surface area contributed by atoms with E-state index in [1.54, 1.807) is 6.08 Å². The van der Waals surface area contributed by atoms with Gasteiger partial charge in [-0.2, -0.15) is 0 Å². The van der Waals surface area contributed by atoms with E-state index in [0.29, 0.717) is 0 Å². The minimum absolute atomic E-state index is 0.00902. The van der Waals surface area contributed by atoms with Gasteiger partial charge in [0.15, 0.2) is 0 Å². The van der Waals surface area contributed by atoms with Gasteiger partial charge in [0.1, 0.15) is 43.0 Å². The van der Waals surface area contributed by atoms with Gasteiger partial charge in [0.25, 0.3) is 0 Å². The van der Waals surface area contributed by atoms with Crippen molar-refractivity contribution < 1.29 is 39.8 Å². The molecule has 1 aliphatic rings.